The molecule has 0 aliphatic rings. The highest BCUT2D eigenvalue weighted by Crippen LogP contribution is 2.18. The summed E-state index contributed by atoms with van der Waals surface area (Å²) in [6.45, 7) is -0.410. The number of phenolic OH excluding ortho intramolecular Hbond substituents is 1. The first-order chi connectivity index (χ1) is 8.45. The van der Waals surface area contributed by atoms with Crippen LogP contribution in [0.15, 0.2) is 18.2 Å². The van der Waals surface area contributed by atoms with Gasteiger partial charge in [0, 0.05) is 19.1 Å². The third-order valence-corrected chi connectivity index (χ3v) is 2.23. The second-order valence-electron chi connectivity index (χ2n) is 3.54. The molecule has 0 saturated heterocycles. The summed E-state index contributed by atoms with van der Waals surface area (Å²) in [5.74, 6) is -3.46. The molecule has 0 heterocycles. The second kappa shape index (κ2) is 5.97. The number of aliphatic carboxylic acids is 1. The summed E-state index contributed by atoms with van der Waals surface area (Å²) < 4.78 is 12.7. The summed E-state index contributed by atoms with van der Waals surface area (Å²) in [5.41, 5.74) is -0.236. The lowest BCUT2D eigenvalue weighted by Gasteiger charge is -2.13. The molecular weight excluding hydrogens is 245 g/mol. The van der Waals surface area contributed by atoms with Crippen molar-refractivity contribution in [3.05, 3.63) is 29.6 Å². The minimum absolute atomic E-state index is 0.164. The highest BCUT2D eigenvalue weighted by atomic mass is 19.1. The molecule has 0 radical (unpaired) electrons. The zero-order valence-corrected chi connectivity index (χ0v) is 9.26. The lowest BCUT2D eigenvalue weighted by atomic mass is 10.1. The van der Waals surface area contributed by atoms with Crippen molar-refractivity contribution in [2.75, 3.05) is 6.61 Å². The summed E-state index contributed by atoms with van der Waals surface area (Å²) >= 11 is 0. The van der Waals surface area contributed by atoms with Gasteiger partial charge in [-0.2, -0.15) is 0 Å². The summed E-state index contributed by atoms with van der Waals surface area (Å²) in [5, 5.41) is 28.9. The molecule has 98 valence electrons. The molecule has 0 aliphatic heterocycles. The molecule has 0 saturated carbocycles. The van der Waals surface area contributed by atoms with Crippen LogP contribution in [-0.2, 0) is 4.79 Å². The Kier molecular flexibility index (Phi) is 4.61. The number of aliphatic hydroxyl groups is 1. The van der Waals surface area contributed by atoms with Crippen LogP contribution >= 0.6 is 0 Å². The average Bonchev–Trinajstić information content (AvgIpc) is 2.27. The molecule has 1 atom stereocenters. The number of hydrogen-bond acceptors (Lipinski definition) is 4. The number of nitrogens with one attached hydrogen (secondary N) is 1. The maximum Gasteiger partial charge on any atom is 0.326 e. The van der Waals surface area contributed by atoms with Gasteiger partial charge < -0.3 is 20.6 Å². The van der Waals surface area contributed by atoms with Crippen LogP contribution in [0.25, 0.3) is 0 Å². The highest BCUT2D eigenvalue weighted by molar-refractivity contribution is 5.98. The Labute approximate surface area is 102 Å². The molecular formula is C11H12FNO5. The van der Waals surface area contributed by atoms with Crippen LogP contribution < -0.4 is 5.32 Å². The van der Waals surface area contributed by atoms with Gasteiger partial charge in [0.25, 0.3) is 5.91 Å². The van der Waals surface area contributed by atoms with E-state index in [0.29, 0.717) is 0 Å². The Hall–Kier alpha value is -2.15. The first-order valence-electron chi connectivity index (χ1n) is 5.08. The Morgan fingerprint density at radius 2 is 2.06 bits per heavy atom. The molecule has 1 aromatic rings. The van der Waals surface area contributed by atoms with Crippen molar-refractivity contribution >= 4 is 11.9 Å². The van der Waals surface area contributed by atoms with Crippen LogP contribution in [0.3, 0.4) is 0 Å². The Balaban J connectivity index is 2.83. The minimum atomic E-state index is -1.31. The first-order valence-corrected chi connectivity index (χ1v) is 5.08. The summed E-state index contributed by atoms with van der Waals surface area (Å²) in [4.78, 5) is 22.4. The van der Waals surface area contributed by atoms with Crippen molar-refractivity contribution in [3.8, 4) is 5.75 Å². The topological polar surface area (TPSA) is 107 Å². The van der Waals surface area contributed by atoms with E-state index >= 15 is 0 Å². The molecule has 0 aliphatic carbocycles. The lowest BCUT2D eigenvalue weighted by molar-refractivity contribution is -0.139. The number of amides is 1. The predicted molar refractivity (Wildman–Crippen MR) is 58.7 cm³/mol. The molecule has 18 heavy (non-hydrogen) atoms. The van der Waals surface area contributed by atoms with Gasteiger partial charge in [-0.05, 0) is 12.1 Å². The number of aromatic hydroxyl groups is 1. The number of aliphatic hydroxyl groups excluding tert-OH is 1. The molecule has 0 bridgehead atoms. The van der Waals surface area contributed by atoms with Gasteiger partial charge in [-0.25, -0.2) is 9.18 Å². The molecule has 0 aromatic heterocycles. The van der Waals surface area contributed by atoms with E-state index in [1.54, 1.807) is 0 Å². The monoisotopic (exact) mass is 257 g/mol. The maximum absolute atomic E-state index is 12.7. The van der Waals surface area contributed by atoms with Crippen LogP contribution in [0, 0.1) is 5.82 Å². The van der Waals surface area contributed by atoms with Gasteiger partial charge in [0.2, 0.25) is 0 Å². The Bertz CT molecular complexity index is 463. The lowest BCUT2D eigenvalue weighted by Crippen LogP contribution is -2.41. The van der Waals surface area contributed by atoms with E-state index in [9.17, 15) is 19.1 Å². The van der Waals surface area contributed by atoms with Gasteiger partial charge in [0.1, 0.15) is 17.6 Å². The first kappa shape index (κ1) is 13.9. The summed E-state index contributed by atoms with van der Waals surface area (Å²) in [6.07, 6.45) is -0.164. The van der Waals surface area contributed by atoms with E-state index < -0.39 is 36.1 Å². The molecule has 0 spiro atoms. The number of carbonyl (C=O) groups excluding carboxylic acids is 1. The van der Waals surface area contributed by atoms with Gasteiger partial charge in [-0.15, -0.1) is 0 Å². The van der Waals surface area contributed by atoms with Crippen molar-refractivity contribution in [2.24, 2.45) is 0 Å². The fourth-order valence-corrected chi connectivity index (χ4v) is 1.32. The van der Waals surface area contributed by atoms with Crippen molar-refractivity contribution in [2.45, 2.75) is 12.5 Å². The Morgan fingerprint density at radius 1 is 1.39 bits per heavy atom. The van der Waals surface area contributed by atoms with Gasteiger partial charge >= 0.3 is 5.97 Å². The van der Waals surface area contributed by atoms with Crippen LogP contribution in [-0.4, -0.2) is 39.8 Å². The molecule has 1 amide bonds. The van der Waals surface area contributed by atoms with Crippen LogP contribution in [0.5, 0.6) is 5.75 Å². The quantitative estimate of drug-likeness (QED) is 0.598. The SMILES string of the molecule is O=C(N[C@@H](CCO)C(=O)O)c1ccc(F)cc1O. The fourth-order valence-electron chi connectivity index (χ4n) is 1.32. The smallest absolute Gasteiger partial charge is 0.326 e. The number of benzene rings is 1. The number of carboxylic acids is 1. The van der Waals surface area contributed by atoms with Crippen molar-refractivity contribution in [1.29, 1.82) is 0 Å². The molecule has 0 unspecified atom stereocenters. The summed E-state index contributed by atoms with van der Waals surface area (Å²) in [6, 6.07) is 1.48. The maximum atomic E-state index is 12.7. The van der Waals surface area contributed by atoms with Crippen molar-refractivity contribution in [1.82, 2.24) is 5.32 Å². The minimum Gasteiger partial charge on any atom is -0.507 e. The number of phenols is 1. The van der Waals surface area contributed by atoms with E-state index in [-0.39, 0.29) is 12.0 Å². The largest absolute Gasteiger partial charge is 0.507 e. The van der Waals surface area contributed by atoms with E-state index in [1.165, 1.54) is 0 Å². The molecule has 7 heteroatoms. The number of carboxylic acid groups (broad SMARTS) is 1. The zero-order chi connectivity index (χ0) is 13.7. The van der Waals surface area contributed by atoms with Crippen molar-refractivity contribution < 1.29 is 29.3 Å². The van der Waals surface area contributed by atoms with Crippen molar-refractivity contribution in [3.63, 3.8) is 0 Å². The predicted octanol–water partition coefficient (Wildman–Crippen LogP) is 0.0967. The van der Waals surface area contributed by atoms with Gasteiger partial charge in [0.15, 0.2) is 0 Å². The molecule has 6 nitrogen and oxygen atoms in total. The number of rotatable bonds is 5. The second-order valence-corrected chi connectivity index (χ2v) is 3.54. The number of carbonyl (C=O) groups is 2. The molecule has 1 rings (SSSR count). The molecule has 4 N–H and O–H groups in total. The van der Waals surface area contributed by atoms with Gasteiger partial charge in [0.05, 0.1) is 5.56 Å². The zero-order valence-electron chi connectivity index (χ0n) is 9.26. The highest BCUT2D eigenvalue weighted by Gasteiger charge is 2.21. The van der Waals surface area contributed by atoms with Crippen LogP contribution in [0.4, 0.5) is 4.39 Å². The number of halogens is 1. The van der Waals surface area contributed by atoms with Crippen LogP contribution in [0.2, 0.25) is 0 Å². The third-order valence-electron chi connectivity index (χ3n) is 2.23. The van der Waals surface area contributed by atoms with Gasteiger partial charge in [-0.1, -0.05) is 0 Å². The average molecular weight is 257 g/mol. The molecule has 1 aromatic carbocycles. The normalized spacial score (nSPS) is 11.9. The number of hydrogen-bond donors (Lipinski definition) is 4. The Morgan fingerprint density at radius 3 is 2.56 bits per heavy atom. The van der Waals surface area contributed by atoms with Gasteiger partial charge in [-0.3, -0.25) is 4.79 Å². The van der Waals surface area contributed by atoms with E-state index in [4.69, 9.17) is 10.2 Å². The van der Waals surface area contributed by atoms with E-state index in [2.05, 4.69) is 5.32 Å². The fraction of sp³-hybridized carbons (Fsp3) is 0.273. The van der Waals surface area contributed by atoms with Crippen LogP contribution in [0.1, 0.15) is 16.8 Å². The van der Waals surface area contributed by atoms with E-state index in [1.807, 2.05) is 0 Å². The summed E-state index contributed by atoms with van der Waals surface area (Å²) in [7, 11) is 0. The third kappa shape index (κ3) is 3.42. The van der Waals surface area contributed by atoms with E-state index in [0.717, 1.165) is 18.2 Å². The standard InChI is InChI=1S/C11H12FNO5/c12-6-1-2-7(9(15)5-6)10(16)13-8(3-4-14)11(17)18/h1-2,5,8,14-15H,3-4H2,(H,13,16)(H,17,18)/t8-/m0/s1. The molecule has 0 fully saturated rings.